The van der Waals surface area contributed by atoms with Crippen molar-refractivity contribution in [3.05, 3.63) is 22.4 Å². The first-order chi connectivity index (χ1) is 5.66. The molecule has 0 aromatic carbocycles. The molecule has 0 saturated heterocycles. The predicted molar refractivity (Wildman–Crippen MR) is 49.6 cm³/mol. The van der Waals surface area contributed by atoms with Gasteiger partial charge in [-0.15, -0.1) is 6.42 Å². The van der Waals surface area contributed by atoms with E-state index in [0.29, 0.717) is 22.4 Å². The van der Waals surface area contributed by atoms with Crippen LogP contribution in [0.4, 0.5) is 0 Å². The van der Waals surface area contributed by atoms with Crippen LogP contribution in [-0.4, -0.2) is 12.8 Å². The monoisotopic (exact) mass is 203 g/mol. The van der Waals surface area contributed by atoms with Gasteiger partial charge in [-0.25, -0.2) is 0 Å². The average Bonchev–Trinajstić information content (AvgIpc) is 2.30. The largest absolute Gasteiger partial charge is 0.469 e. The third-order valence-corrected chi connectivity index (χ3v) is 2.23. The molecule has 0 aromatic heterocycles. The lowest BCUT2D eigenvalue weighted by Crippen LogP contribution is -2.29. The molecule has 0 radical (unpaired) electrons. The van der Waals surface area contributed by atoms with Gasteiger partial charge in [0.2, 0.25) is 0 Å². The highest BCUT2D eigenvalue weighted by molar-refractivity contribution is 6.41. The van der Waals surface area contributed by atoms with E-state index in [-0.39, 0.29) is 0 Å². The predicted octanol–water partition coefficient (Wildman–Crippen LogP) is 1.77. The Morgan fingerprint density at radius 1 is 1.67 bits per heavy atom. The Bertz CT molecular complexity index is 277. The maximum Gasteiger partial charge on any atom is 0.189 e. The van der Waals surface area contributed by atoms with Crippen LogP contribution in [0.15, 0.2) is 22.4 Å². The van der Waals surface area contributed by atoms with E-state index >= 15 is 0 Å². The van der Waals surface area contributed by atoms with Gasteiger partial charge in [0, 0.05) is 0 Å². The molecule has 0 aromatic rings. The quantitative estimate of drug-likeness (QED) is 0.692. The third kappa shape index (κ3) is 1.75. The number of allylic oxidation sites excluding steroid dienone is 1. The Morgan fingerprint density at radius 3 is 2.75 bits per heavy atom. The van der Waals surface area contributed by atoms with Crippen LogP contribution >= 0.6 is 23.2 Å². The number of ether oxygens (including phenoxy) is 1. The second-order valence-electron chi connectivity index (χ2n) is 2.17. The molecule has 1 aliphatic heterocycles. The number of hydrogen-bond donors (Lipinski definition) is 1. The van der Waals surface area contributed by atoms with Gasteiger partial charge in [-0.05, 0) is 0 Å². The van der Waals surface area contributed by atoms with Crippen molar-refractivity contribution in [2.24, 2.45) is 0 Å². The maximum atomic E-state index is 5.79. The maximum absolute atomic E-state index is 5.79. The Balaban J connectivity index is 2.62. The van der Waals surface area contributed by atoms with E-state index in [1.807, 2.05) is 0 Å². The van der Waals surface area contributed by atoms with Gasteiger partial charge in [-0.2, -0.15) is 0 Å². The highest BCUT2D eigenvalue weighted by Gasteiger charge is 2.26. The van der Waals surface area contributed by atoms with Crippen molar-refractivity contribution in [2.45, 2.75) is 6.23 Å². The number of hydrogen-bond acceptors (Lipinski definition) is 2. The number of nitrogens with one attached hydrogen (secondary N) is 1. The van der Waals surface area contributed by atoms with Crippen molar-refractivity contribution in [3.8, 4) is 12.3 Å². The van der Waals surface area contributed by atoms with Crippen molar-refractivity contribution in [1.82, 2.24) is 5.32 Å². The molecule has 1 heterocycles. The van der Waals surface area contributed by atoms with Crippen LogP contribution in [0.5, 0.6) is 0 Å². The van der Waals surface area contributed by atoms with Gasteiger partial charge in [0.15, 0.2) is 6.23 Å². The topological polar surface area (TPSA) is 21.3 Å². The average molecular weight is 204 g/mol. The van der Waals surface area contributed by atoms with Gasteiger partial charge in [0.05, 0.1) is 11.6 Å². The van der Waals surface area contributed by atoms with Crippen LogP contribution < -0.4 is 5.32 Å². The summed E-state index contributed by atoms with van der Waals surface area (Å²) in [5.74, 6) is 2.77. The zero-order chi connectivity index (χ0) is 9.14. The number of rotatable bonds is 2. The smallest absolute Gasteiger partial charge is 0.189 e. The van der Waals surface area contributed by atoms with Gasteiger partial charge in [0.1, 0.15) is 10.8 Å². The zero-order valence-corrected chi connectivity index (χ0v) is 7.74. The molecule has 4 heteroatoms. The fourth-order valence-corrected chi connectivity index (χ4v) is 1.15. The summed E-state index contributed by atoms with van der Waals surface area (Å²) < 4.78 is 5.15. The highest BCUT2D eigenvalue weighted by atomic mass is 35.5. The summed E-state index contributed by atoms with van der Waals surface area (Å²) in [6.45, 7) is 3.93. The van der Waals surface area contributed by atoms with E-state index in [0.717, 1.165) is 0 Å². The van der Waals surface area contributed by atoms with Crippen molar-refractivity contribution >= 4 is 23.2 Å². The fourth-order valence-electron chi connectivity index (χ4n) is 0.777. The molecule has 0 saturated carbocycles. The second kappa shape index (κ2) is 3.86. The van der Waals surface area contributed by atoms with Crippen LogP contribution in [0.1, 0.15) is 0 Å². The van der Waals surface area contributed by atoms with Crippen molar-refractivity contribution < 1.29 is 4.74 Å². The van der Waals surface area contributed by atoms with Gasteiger partial charge in [0.25, 0.3) is 0 Å². The molecule has 2 nitrogen and oxygen atoms in total. The molecule has 0 bridgehead atoms. The van der Waals surface area contributed by atoms with Crippen LogP contribution in [0, 0.1) is 12.3 Å². The SMILES string of the molecule is C#CCNC1OC(=C)C(Cl)=C1Cl. The first-order valence-electron chi connectivity index (χ1n) is 3.24. The van der Waals surface area contributed by atoms with Gasteiger partial charge in [-0.3, -0.25) is 5.32 Å². The van der Waals surface area contributed by atoms with Crippen LogP contribution in [0.3, 0.4) is 0 Å². The molecule has 12 heavy (non-hydrogen) atoms. The molecule has 1 unspecified atom stereocenters. The summed E-state index contributed by atoms with van der Waals surface area (Å²) in [6.07, 6.45) is 4.60. The van der Waals surface area contributed by atoms with Crippen LogP contribution in [0.25, 0.3) is 0 Å². The molecule has 0 amide bonds. The normalized spacial score (nSPS) is 22.4. The zero-order valence-electron chi connectivity index (χ0n) is 6.23. The Labute approximate surface area is 81.2 Å². The summed E-state index contributed by atoms with van der Waals surface area (Å²) >= 11 is 11.5. The summed E-state index contributed by atoms with van der Waals surface area (Å²) in [7, 11) is 0. The van der Waals surface area contributed by atoms with E-state index in [4.69, 9.17) is 34.4 Å². The first kappa shape index (κ1) is 9.47. The molecular weight excluding hydrogens is 197 g/mol. The van der Waals surface area contributed by atoms with Gasteiger partial charge in [-0.1, -0.05) is 35.7 Å². The standard InChI is InChI=1S/C8H7Cl2NO/c1-3-4-11-8-7(10)6(9)5(2)12-8/h1,8,11H,2,4H2. The lowest BCUT2D eigenvalue weighted by molar-refractivity contribution is 0.152. The first-order valence-corrected chi connectivity index (χ1v) is 4.00. The van der Waals surface area contributed by atoms with E-state index in [1.54, 1.807) is 0 Å². The van der Waals surface area contributed by atoms with Crippen LogP contribution in [-0.2, 0) is 4.74 Å². The lowest BCUT2D eigenvalue weighted by Gasteiger charge is -2.10. The van der Waals surface area contributed by atoms with Crippen molar-refractivity contribution in [3.63, 3.8) is 0 Å². The molecule has 64 valence electrons. The van der Waals surface area contributed by atoms with Gasteiger partial charge < -0.3 is 4.74 Å². The molecule has 0 spiro atoms. The Hall–Kier alpha value is -0.620. The molecule has 1 rings (SSSR count). The van der Waals surface area contributed by atoms with E-state index in [2.05, 4.69) is 17.8 Å². The minimum absolute atomic E-state index is 0.353. The lowest BCUT2D eigenvalue weighted by atomic mass is 10.4. The van der Waals surface area contributed by atoms with Gasteiger partial charge >= 0.3 is 0 Å². The Kier molecular flexibility index (Phi) is 3.05. The number of terminal acetylenes is 1. The molecule has 0 fully saturated rings. The fraction of sp³-hybridized carbons (Fsp3) is 0.250. The third-order valence-electron chi connectivity index (χ3n) is 1.33. The number of halogens is 2. The summed E-state index contributed by atoms with van der Waals surface area (Å²) in [6, 6.07) is 0. The molecular formula is C8H7Cl2NO. The minimum Gasteiger partial charge on any atom is -0.469 e. The highest BCUT2D eigenvalue weighted by Crippen LogP contribution is 2.32. The van der Waals surface area contributed by atoms with Crippen molar-refractivity contribution in [1.29, 1.82) is 0 Å². The summed E-state index contributed by atoms with van der Waals surface area (Å²) in [5.41, 5.74) is 0. The molecule has 1 aliphatic rings. The molecule has 1 atom stereocenters. The summed E-state index contributed by atoms with van der Waals surface area (Å²) in [5, 5.41) is 3.60. The molecule has 1 N–H and O–H groups in total. The molecule has 0 aliphatic carbocycles. The van der Waals surface area contributed by atoms with Crippen LogP contribution in [0.2, 0.25) is 0 Å². The minimum atomic E-state index is -0.442. The van der Waals surface area contributed by atoms with E-state index in [1.165, 1.54) is 0 Å². The summed E-state index contributed by atoms with van der Waals surface area (Å²) in [4.78, 5) is 0. The van der Waals surface area contributed by atoms with Crippen molar-refractivity contribution in [2.75, 3.05) is 6.54 Å². The Morgan fingerprint density at radius 2 is 2.33 bits per heavy atom. The second-order valence-corrected chi connectivity index (χ2v) is 2.95. The van der Waals surface area contributed by atoms with E-state index < -0.39 is 6.23 Å². The van der Waals surface area contributed by atoms with E-state index in [9.17, 15) is 0 Å².